The van der Waals surface area contributed by atoms with Crippen molar-refractivity contribution in [2.75, 3.05) is 13.2 Å². The summed E-state index contributed by atoms with van der Waals surface area (Å²) in [7, 11) is 0. The Bertz CT molecular complexity index is 151. The third-order valence-corrected chi connectivity index (χ3v) is 2.14. The lowest BCUT2D eigenvalue weighted by atomic mass is 10.0. The third-order valence-electron chi connectivity index (χ3n) is 2.14. The average Bonchev–Trinajstić information content (AvgIpc) is 2.51. The van der Waals surface area contributed by atoms with E-state index in [9.17, 15) is 4.79 Å². The predicted molar refractivity (Wildman–Crippen MR) is 41.8 cm³/mol. The Morgan fingerprint density at radius 2 is 2.42 bits per heavy atom. The van der Waals surface area contributed by atoms with Crippen LogP contribution in [-0.2, 0) is 9.53 Å². The number of carboxylic acid groups (broad SMARTS) is 1. The van der Waals surface area contributed by atoms with Crippen LogP contribution >= 0.6 is 0 Å². The lowest BCUT2D eigenvalue weighted by Crippen LogP contribution is -2.23. The zero-order chi connectivity index (χ0) is 8.97. The number of ether oxygens (including phenoxy) is 1. The van der Waals surface area contributed by atoms with Crippen molar-refractivity contribution < 1.29 is 19.7 Å². The van der Waals surface area contributed by atoms with Crippen LogP contribution in [0.4, 0.5) is 0 Å². The zero-order valence-electron chi connectivity index (χ0n) is 6.90. The van der Waals surface area contributed by atoms with Gasteiger partial charge in [0, 0.05) is 6.61 Å². The molecule has 2 unspecified atom stereocenters. The maximum Gasteiger partial charge on any atom is 0.308 e. The van der Waals surface area contributed by atoms with Crippen molar-refractivity contribution in [3.63, 3.8) is 0 Å². The summed E-state index contributed by atoms with van der Waals surface area (Å²) in [6.45, 7) is 0.428. The minimum Gasteiger partial charge on any atom is -0.481 e. The summed E-state index contributed by atoms with van der Waals surface area (Å²) < 4.78 is 5.26. The van der Waals surface area contributed by atoms with Gasteiger partial charge in [0.05, 0.1) is 18.6 Å². The maximum absolute atomic E-state index is 10.5. The fraction of sp³-hybridized carbons (Fsp3) is 0.875. The molecule has 2 N–H and O–H groups in total. The molecule has 2 atom stereocenters. The first-order valence-corrected chi connectivity index (χ1v) is 4.19. The second kappa shape index (κ2) is 4.42. The molecule has 0 spiro atoms. The Kier molecular flexibility index (Phi) is 3.49. The van der Waals surface area contributed by atoms with Crippen LogP contribution < -0.4 is 0 Å². The molecule has 0 aromatic rings. The van der Waals surface area contributed by atoms with Gasteiger partial charge in [0.25, 0.3) is 0 Å². The summed E-state index contributed by atoms with van der Waals surface area (Å²) in [6, 6.07) is 0. The Balaban J connectivity index is 2.30. The van der Waals surface area contributed by atoms with Crippen molar-refractivity contribution in [2.45, 2.75) is 25.4 Å². The van der Waals surface area contributed by atoms with E-state index >= 15 is 0 Å². The quantitative estimate of drug-likeness (QED) is 0.641. The van der Waals surface area contributed by atoms with Crippen molar-refractivity contribution in [3.05, 3.63) is 0 Å². The van der Waals surface area contributed by atoms with Gasteiger partial charge in [0.1, 0.15) is 0 Å². The largest absolute Gasteiger partial charge is 0.481 e. The number of rotatable bonds is 4. The van der Waals surface area contributed by atoms with Crippen LogP contribution in [0.25, 0.3) is 0 Å². The van der Waals surface area contributed by atoms with Gasteiger partial charge in [-0.2, -0.15) is 0 Å². The third kappa shape index (κ3) is 2.46. The molecule has 0 aromatic heterocycles. The van der Waals surface area contributed by atoms with Crippen molar-refractivity contribution in [2.24, 2.45) is 5.92 Å². The summed E-state index contributed by atoms with van der Waals surface area (Å²) in [5.41, 5.74) is 0. The monoisotopic (exact) mass is 174 g/mol. The highest BCUT2D eigenvalue weighted by Crippen LogP contribution is 2.19. The van der Waals surface area contributed by atoms with Crippen LogP contribution in [0.1, 0.15) is 19.3 Å². The highest BCUT2D eigenvalue weighted by atomic mass is 16.5. The van der Waals surface area contributed by atoms with Gasteiger partial charge in [0.2, 0.25) is 0 Å². The SMILES string of the molecule is O=C(O)C(CO)CC1CCCO1. The summed E-state index contributed by atoms with van der Waals surface area (Å²) in [4.78, 5) is 10.5. The lowest BCUT2D eigenvalue weighted by molar-refractivity contribution is -0.144. The normalized spacial score (nSPS) is 25.6. The van der Waals surface area contributed by atoms with Crippen molar-refractivity contribution in [3.8, 4) is 0 Å². The highest BCUT2D eigenvalue weighted by molar-refractivity contribution is 5.70. The molecule has 1 aliphatic rings. The first-order valence-electron chi connectivity index (χ1n) is 4.19. The van der Waals surface area contributed by atoms with E-state index in [0.29, 0.717) is 6.42 Å². The number of carboxylic acids is 1. The fourth-order valence-corrected chi connectivity index (χ4v) is 1.40. The molecule has 12 heavy (non-hydrogen) atoms. The van der Waals surface area contributed by atoms with Crippen LogP contribution in [-0.4, -0.2) is 35.5 Å². The maximum atomic E-state index is 10.5. The van der Waals surface area contributed by atoms with Gasteiger partial charge in [-0.15, -0.1) is 0 Å². The van der Waals surface area contributed by atoms with Crippen LogP contribution in [0.5, 0.6) is 0 Å². The number of hydrogen-bond donors (Lipinski definition) is 2. The van der Waals surface area contributed by atoms with E-state index < -0.39 is 11.9 Å². The zero-order valence-corrected chi connectivity index (χ0v) is 6.90. The number of carbonyl (C=O) groups is 1. The Labute approximate surface area is 71.2 Å². The smallest absolute Gasteiger partial charge is 0.308 e. The number of aliphatic hydroxyl groups is 1. The molecule has 0 saturated carbocycles. The fourth-order valence-electron chi connectivity index (χ4n) is 1.40. The second-order valence-corrected chi connectivity index (χ2v) is 3.09. The molecule has 1 aliphatic heterocycles. The summed E-state index contributed by atoms with van der Waals surface area (Å²) >= 11 is 0. The van der Waals surface area contributed by atoms with Crippen LogP contribution in [0.3, 0.4) is 0 Å². The first kappa shape index (κ1) is 9.48. The second-order valence-electron chi connectivity index (χ2n) is 3.09. The minimum absolute atomic E-state index is 0.0400. The van der Waals surface area contributed by atoms with Crippen molar-refractivity contribution in [1.29, 1.82) is 0 Å². The summed E-state index contributed by atoms with van der Waals surface area (Å²) in [5.74, 6) is -1.60. The number of hydrogen-bond acceptors (Lipinski definition) is 3. The van der Waals surface area contributed by atoms with Gasteiger partial charge < -0.3 is 14.9 Å². The molecular weight excluding hydrogens is 160 g/mol. The van der Waals surface area contributed by atoms with Gasteiger partial charge in [-0.3, -0.25) is 4.79 Å². The molecule has 1 heterocycles. The van der Waals surface area contributed by atoms with Gasteiger partial charge >= 0.3 is 5.97 Å². The predicted octanol–water partition coefficient (Wildman–Crippen LogP) is 0.249. The lowest BCUT2D eigenvalue weighted by Gasteiger charge is -2.13. The van der Waals surface area contributed by atoms with Gasteiger partial charge in [0.15, 0.2) is 0 Å². The molecule has 4 nitrogen and oxygen atoms in total. The van der Waals surface area contributed by atoms with Crippen molar-refractivity contribution in [1.82, 2.24) is 0 Å². The highest BCUT2D eigenvalue weighted by Gasteiger charge is 2.24. The number of aliphatic hydroxyl groups excluding tert-OH is 1. The van der Waals surface area contributed by atoms with Gasteiger partial charge in [-0.1, -0.05) is 0 Å². The van der Waals surface area contributed by atoms with E-state index in [2.05, 4.69) is 0 Å². The molecule has 70 valence electrons. The molecule has 0 amide bonds. The van der Waals surface area contributed by atoms with E-state index in [1.54, 1.807) is 0 Å². The standard InChI is InChI=1S/C8H14O4/c9-5-6(8(10)11)4-7-2-1-3-12-7/h6-7,9H,1-5H2,(H,10,11). The molecule has 0 aliphatic carbocycles. The molecular formula is C8H14O4. The van der Waals surface area contributed by atoms with Gasteiger partial charge in [-0.25, -0.2) is 0 Å². The number of aliphatic carboxylic acids is 1. The summed E-state index contributed by atoms with van der Waals surface area (Å²) in [6.07, 6.45) is 2.40. The molecule has 4 heteroatoms. The molecule has 0 radical (unpaired) electrons. The molecule has 1 saturated heterocycles. The topological polar surface area (TPSA) is 66.8 Å². The van der Waals surface area contributed by atoms with E-state index in [-0.39, 0.29) is 12.7 Å². The first-order chi connectivity index (χ1) is 5.74. The summed E-state index contributed by atoms with van der Waals surface area (Å²) in [5, 5.41) is 17.3. The van der Waals surface area contributed by atoms with E-state index in [4.69, 9.17) is 14.9 Å². The van der Waals surface area contributed by atoms with E-state index in [1.807, 2.05) is 0 Å². The Morgan fingerprint density at radius 3 is 2.83 bits per heavy atom. The molecule has 1 rings (SSSR count). The Morgan fingerprint density at radius 1 is 1.67 bits per heavy atom. The van der Waals surface area contributed by atoms with Crippen LogP contribution in [0.2, 0.25) is 0 Å². The van der Waals surface area contributed by atoms with Crippen molar-refractivity contribution >= 4 is 5.97 Å². The van der Waals surface area contributed by atoms with E-state index in [1.165, 1.54) is 0 Å². The Hall–Kier alpha value is -0.610. The van der Waals surface area contributed by atoms with Gasteiger partial charge in [-0.05, 0) is 19.3 Å². The molecule has 0 bridgehead atoms. The molecule has 1 fully saturated rings. The molecule has 0 aromatic carbocycles. The average molecular weight is 174 g/mol. The minimum atomic E-state index is -0.937. The van der Waals surface area contributed by atoms with E-state index in [0.717, 1.165) is 19.4 Å². The van der Waals surface area contributed by atoms with Crippen LogP contribution in [0, 0.1) is 5.92 Å². The van der Waals surface area contributed by atoms with Crippen LogP contribution in [0.15, 0.2) is 0 Å².